The minimum atomic E-state index is -0.972. The minimum absolute atomic E-state index is 0.229. The highest BCUT2D eigenvalue weighted by molar-refractivity contribution is 5.84. The summed E-state index contributed by atoms with van der Waals surface area (Å²) in [6.45, 7) is 1.89. The van der Waals surface area contributed by atoms with Crippen molar-refractivity contribution < 1.29 is 19.4 Å². The maximum absolute atomic E-state index is 11.7. The Balaban J connectivity index is 2.44. The third kappa shape index (κ3) is 3.70. The van der Waals surface area contributed by atoms with Crippen LogP contribution < -0.4 is 5.32 Å². The summed E-state index contributed by atoms with van der Waals surface area (Å²) in [5.41, 5.74) is -0.348. The Morgan fingerprint density at radius 1 is 1.47 bits per heavy atom. The quantitative estimate of drug-likeness (QED) is 0.707. The summed E-state index contributed by atoms with van der Waals surface area (Å²) in [4.78, 5) is 22.6. The standard InChI is InChI=1S/C12H21NO4/c1-3-5-9(11(15)16)13-10(14)8-12(17-2)6-4-7-12/h9H,3-8H2,1-2H3,(H,13,14)(H,15,16)/t9-/m0/s1. The summed E-state index contributed by atoms with van der Waals surface area (Å²) in [7, 11) is 1.60. The van der Waals surface area contributed by atoms with Crippen molar-refractivity contribution in [3.05, 3.63) is 0 Å². The van der Waals surface area contributed by atoms with Gasteiger partial charge in [-0.15, -0.1) is 0 Å². The first-order valence-electron chi connectivity index (χ1n) is 6.10. The second-order valence-electron chi connectivity index (χ2n) is 4.66. The molecule has 2 N–H and O–H groups in total. The van der Waals surface area contributed by atoms with Crippen LogP contribution in [0.3, 0.4) is 0 Å². The van der Waals surface area contributed by atoms with Crippen molar-refractivity contribution in [2.45, 2.75) is 57.1 Å². The van der Waals surface area contributed by atoms with E-state index in [0.717, 1.165) is 25.7 Å². The van der Waals surface area contributed by atoms with Crippen molar-refractivity contribution >= 4 is 11.9 Å². The van der Waals surface area contributed by atoms with Gasteiger partial charge in [-0.05, 0) is 25.7 Å². The van der Waals surface area contributed by atoms with Crippen LogP contribution in [0.25, 0.3) is 0 Å². The van der Waals surface area contributed by atoms with E-state index in [0.29, 0.717) is 6.42 Å². The van der Waals surface area contributed by atoms with E-state index in [1.165, 1.54) is 0 Å². The first kappa shape index (κ1) is 14.0. The summed E-state index contributed by atoms with van der Waals surface area (Å²) in [6, 6.07) is -0.776. The average molecular weight is 243 g/mol. The Morgan fingerprint density at radius 2 is 2.12 bits per heavy atom. The lowest BCUT2D eigenvalue weighted by atomic mass is 9.77. The SMILES string of the molecule is CCC[C@H](NC(=O)CC1(OC)CCC1)C(=O)O. The molecule has 1 aliphatic rings. The van der Waals surface area contributed by atoms with E-state index in [9.17, 15) is 9.59 Å². The summed E-state index contributed by atoms with van der Waals surface area (Å²) in [5.74, 6) is -1.20. The third-order valence-electron chi connectivity index (χ3n) is 3.39. The lowest BCUT2D eigenvalue weighted by Crippen LogP contribution is -2.47. The molecule has 1 saturated carbocycles. The normalized spacial score (nSPS) is 19.2. The summed E-state index contributed by atoms with van der Waals surface area (Å²) >= 11 is 0. The highest BCUT2D eigenvalue weighted by Gasteiger charge is 2.39. The maximum Gasteiger partial charge on any atom is 0.326 e. The third-order valence-corrected chi connectivity index (χ3v) is 3.39. The molecule has 0 radical (unpaired) electrons. The maximum atomic E-state index is 11.7. The molecule has 0 aliphatic heterocycles. The van der Waals surface area contributed by atoms with Gasteiger partial charge in [-0.1, -0.05) is 13.3 Å². The lowest BCUT2D eigenvalue weighted by molar-refractivity contribution is -0.145. The molecule has 98 valence electrons. The van der Waals surface area contributed by atoms with E-state index < -0.39 is 12.0 Å². The second-order valence-corrected chi connectivity index (χ2v) is 4.66. The molecule has 0 bridgehead atoms. The van der Waals surface area contributed by atoms with Crippen molar-refractivity contribution in [1.82, 2.24) is 5.32 Å². The van der Waals surface area contributed by atoms with Gasteiger partial charge in [-0.2, -0.15) is 0 Å². The van der Waals surface area contributed by atoms with E-state index in [2.05, 4.69) is 5.32 Å². The molecule has 0 spiro atoms. The molecule has 0 aromatic heterocycles. The van der Waals surface area contributed by atoms with Crippen molar-refractivity contribution in [2.75, 3.05) is 7.11 Å². The fourth-order valence-corrected chi connectivity index (χ4v) is 2.11. The van der Waals surface area contributed by atoms with Crippen LogP contribution in [0.4, 0.5) is 0 Å². The van der Waals surface area contributed by atoms with Gasteiger partial charge >= 0.3 is 5.97 Å². The number of aliphatic carboxylic acids is 1. The molecule has 0 heterocycles. The smallest absolute Gasteiger partial charge is 0.326 e. The molecule has 0 saturated heterocycles. The average Bonchev–Trinajstić information content (AvgIpc) is 2.22. The number of carbonyl (C=O) groups excluding carboxylic acids is 1. The summed E-state index contributed by atoms with van der Waals surface area (Å²) < 4.78 is 5.34. The number of hydrogen-bond acceptors (Lipinski definition) is 3. The number of ether oxygens (including phenoxy) is 1. The molecule has 0 aromatic rings. The van der Waals surface area contributed by atoms with Gasteiger partial charge in [-0.3, -0.25) is 4.79 Å². The van der Waals surface area contributed by atoms with Crippen LogP contribution in [-0.2, 0) is 14.3 Å². The number of carboxylic acids is 1. The zero-order valence-corrected chi connectivity index (χ0v) is 10.5. The summed E-state index contributed by atoms with van der Waals surface area (Å²) in [5, 5.41) is 11.5. The Labute approximate surface area is 102 Å². The van der Waals surface area contributed by atoms with Gasteiger partial charge in [0, 0.05) is 7.11 Å². The second kappa shape index (κ2) is 6.00. The van der Waals surface area contributed by atoms with Gasteiger partial charge in [0.1, 0.15) is 6.04 Å². The van der Waals surface area contributed by atoms with Gasteiger partial charge in [0.25, 0.3) is 0 Å². The lowest BCUT2D eigenvalue weighted by Gasteiger charge is -2.40. The van der Waals surface area contributed by atoms with Crippen molar-refractivity contribution in [2.24, 2.45) is 0 Å². The van der Waals surface area contributed by atoms with Crippen LogP contribution in [0.15, 0.2) is 0 Å². The molecular formula is C12H21NO4. The number of methoxy groups -OCH3 is 1. The Kier molecular flexibility index (Phi) is 4.93. The molecule has 1 atom stereocenters. The zero-order chi connectivity index (χ0) is 12.9. The monoisotopic (exact) mass is 243 g/mol. The molecular weight excluding hydrogens is 222 g/mol. The Morgan fingerprint density at radius 3 is 2.47 bits per heavy atom. The summed E-state index contributed by atoms with van der Waals surface area (Å²) in [6.07, 6.45) is 4.27. The predicted molar refractivity (Wildman–Crippen MR) is 62.7 cm³/mol. The first-order valence-corrected chi connectivity index (χ1v) is 6.10. The number of carboxylic acid groups (broad SMARTS) is 1. The molecule has 1 aliphatic carbocycles. The number of hydrogen-bond donors (Lipinski definition) is 2. The van der Waals surface area contributed by atoms with Crippen molar-refractivity contribution in [3.8, 4) is 0 Å². The van der Waals surface area contributed by atoms with Crippen LogP contribution in [0.2, 0.25) is 0 Å². The van der Waals surface area contributed by atoms with E-state index >= 15 is 0 Å². The predicted octanol–water partition coefficient (Wildman–Crippen LogP) is 1.32. The molecule has 1 fully saturated rings. The minimum Gasteiger partial charge on any atom is -0.480 e. The number of amides is 1. The zero-order valence-electron chi connectivity index (χ0n) is 10.5. The highest BCUT2D eigenvalue weighted by atomic mass is 16.5. The topological polar surface area (TPSA) is 75.6 Å². The van der Waals surface area contributed by atoms with Crippen LogP contribution in [0.5, 0.6) is 0 Å². The van der Waals surface area contributed by atoms with Gasteiger partial charge < -0.3 is 15.2 Å². The number of rotatable bonds is 7. The number of carbonyl (C=O) groups is 2. The first-order chi connectivity index (χ1) is 8.03. The van der Waals surface area contributed by atoms with Gasteiger partial charge in [0.05, 0.1) is 12.0 Å². The van der Waals surface area contributed by atoms with E-state index in [1.807, 2.05) is 6.92 Å². The fourth-order valence-electron chi connectivity index (χ4n) is 2.11. The van der Waals surface area contributed by atoms with Crippen LogP contribution in [0, 0.1) is 0 Å². The van der Waals surface area contributed by atoms with Gasteiger partial charge in [0.15, 0.2) is 0 Å². The van der Waals surface area contributed by atoms with E-state index in [4.69, 9.17) is 9.84 Å². The fraction of sp³-hybridized carbons (Fsp3) is 0.833. The molecule has 1 rings (SSSR count). The molecule has 0 unspecified atom stereocenters. The van der Waals surface area contributed by atoms with Crippen molar-refractivity contribution in [3.63, 3.8) is 0 Å². The van der Waals surface area contributed by atoms with Gasteiger partial charge in [-0.25, -0.2) is 4.79 Å². The largest absolute Gasteiger partial charge is 0.480 e. The Hall–Kier alpha value is -1.10. The molecule has 1 amide bonds. The molecule has 5 heteroatoms. The van der Waals surface area contributed by atoms with E-state index in [1.54, 1.807) is 7.11 Å². The highest BCUT2D eigenvalue weighted by Crippen LogP contribution is 2.37. The Bertz CT molecular complexity index is 281. The van der Waals surface area contributed by atoms with Crippen LogP contribution in [0.1, 0.15) is 45.4 Å². The van der Waals surface area contributed by atoms with Gasteiger partial charge in [0.2, 0.25) is 5.91 Å². The van der Waals surface area contributed by atoms with E-state index in [-0.39, 0.29) is 17.9 Å². The van der Waals surface area contributed by atoms with Crippen LogP contribution >= 0.6 is 0 Å². The number of nitrogens with one attached hydrogen (secondary N) is 1. The molecule has 0 aromatic carbocycles. The molecule has 5 nitrogen and oxygen atoms in total. The van der Waals surface area contributed by atoms with Crippen LogP contribution in [-0.4, -0.2) is 35.7 Å². The molecule has 17 heavy (non-hydrogen) atoms. The van der Waals surface area contributed by atoms with Crippen molar-refractivity contribution in [1.29, 1.82) is 0 Å².